The van der Waals surface area contributed by atoms with Crippen LogP contribution < -0.4 is 5.56 Å². The summed E-state index contributed by atoms with van der Waals surface area (Å²) in [6, 6.07) is 7.16. The minimum absolute atomic E-state index is 0.0875. The van der Waals surface area contributed by atoms with Crippen molar-refractivity contribution < 1.29 is 5.11 Å². The van der Waals surface area contributed by atoms with E-state index in [0.717, 1.165) is 21.9 Å². The van der Waals surface area contributed by atoms with Crippen LogP contribution in [0.15, 0.2) is 29.1 Å². The molecule has 0 aliphatic rings. The first kappa shape index (κ1) is 13.0. The van der Waals surface area contributed by atoms with Gasteiger partial charge in [-0.2, -0.15) is 0 Å². The van der Waals surface area contributed by atoms with E-state index in [2.05, 4.69) is 0 Å². The molecule has 0 bridgehead atoms. The summed E-state index contributed by atoms with van der Waals surface area (Å²) in [6.07, 6.45) is 0. The molecule has 3 aromatic rings. The topological polar surface area (TPSA) is 42.2 Å². The van der Waals surface area contributed by atoms with Crippen LogP contribution in [-0.2, 0) is 7.05 Å². The van der Waals surface area contributed by atoms with Gasteiger partial charge in [0.25, 0.3) is 5.56 Å². The number of hydrogen-bond donors (Lipinski definition) is 1. The number of hydrogen-bond acceptors (Lipinski definition) is 2. The zero-order valence-electron chi connectivity index (χ0n) is 11.5. The Morgan fingerprint density at radius 3 is 2.35 bits per heavy atom. The van der Waals surface area contributed by atoms with E-state index >= 15 is 0 Å². The first-order valence-corrected chi connectivity index (χ1v) is 6.70. The number of rotatable bonds is 0. The van der Waals surface area contributed by atoms with Gasteiger partial charge in [0.05, 0.1) is 5.52 Å². The van der Waals surface area contributed by atoms with Crippen molar-refractivity contribution in [2.45, 2.75) is 13.8 Å². The fourth-order valence-electron chi connectivity index (χ4n) is 2.55. The van der Waals surface area contributed by atoms with Crippen molar-refractivity contribution in [3.8, 4) is 5.75 Å². The average Bonchev–Trinajstić information content (AvgIpc) is 2.41. The lowest BCUT2D eigenvalue weighted by molar-refractivity contribution is 0.471. The molecule has 1 heterocycles. The summed E-state index contributed by atoms with van der Waals surface area (Å²) in [5, 5.41) is 12.9. The van der Waals surface area contributed by atoms with Gasteiger partial charge in [-0.25, -0.2) is 0 Å². The fraction of sp³-hybridized carbons (Fsp3) is 0.188. The second-order valence-corrected chi connectivity index (χ2v) is 5.57. The smallest absolute Gasteiger partial charge is 0.258 e. The summed E-state index contributed by atoms with van der Waals surface area (Å²) < 4.78 is 1.56. The average molecular weight is 288 g/mol. The largest absolute Gasteiger partial charge is 0.508 e. The predicted molar refractivity (Wildman–Crippen MR) is 82.8 cm³/mol. The Labute approximate surface area is 121 Å². The molecule has 3 rings (SSSR count). The van der Waals surface area contributed by atoms with Crippen LogP contribution in [0.5, 0.6) is 5.75 Å². The summed E-state index contributed by atoms with van der Waals surface area (Å²) in [5.74, 6) is 0.185. The first-order chi connectivity index (χ1) is 9.40. The van der Waals surface area contributed by atoms with E-state index in [1.165, 1.54) is 0 Å². The van der Waals surface area contributed by atoms with Gasteiger partial charge in [-0.1, -0.05) is 11.6 Å². The summed E-state index contributed by atoms with van der Waals surface area (Å²) in [4.78, 5) is 12.4. The summed E-state index contributed by atoms with van der Waals surface area (Å²) in [5.41, 5.74) is 2.27. The Kier molecular flexibility index (Phi) is 2.76. The molecule has 0 aliphatic heterocycles. The lowest BCUT2D eigenvalue weighted by Gasteiger charge is -2.12. The molecule has 1 aromatic heterocycles. The van der Waals surface area contributed by atoms with Crippen molar-refractivity contribution in [2.24, 2.45) is 7.05 Å². The zero-order chi connectivity index (χ0) is 14.6. The molecule has 0 amide bonds. The molecule has 0 atom stereocenters. The third-order valence-electron chi connectivity index (χ3n) is 3.80. The van der Waals surface area contributed by atoms with E-state index in [4.69, 9.17) is 11.6 Å². The van der Waals surface area contributed by atoms with Crippen LogP contribution in [0.1, 0.15) is 11.1 Å². The summed E-state index contributed by atoms with van der Waals surface area (Å²) >= 11 is 6.19. The molecule has 3 nitrogen and oxygen atoms in total. The number of aryl methyl sites for hydroxylation is 3. The molecular weight excluding hydrogens is 274 g/mol. The van der Waals surface area contributed by atoms with Crippen LogP contribution in [0.2, 0.25) is 5.02 Å². The molecule has 0 saturated heterocycles. The lowest BCUT2D eigenvalue weighted by Crippen LogP contribution is -2.17. The second kappa shape index (κ2) is 4.25. The molecule has 20 heavy (non-hydrogen) atoms. The molecular formula is C16H14ClNO2. The van der Waals surface area contributed by atoms with E-state index in [1.54, 1.807) is 17.7 Å². The SMILES string of the molecule is Cc1cc2c3cc(Cl)c(C)cc3c(=O)n(C)c2cc1O. The third kappa shape index (κ3) is 1.70. The van der Waals surface area contributed by atoms with Crippen LogP contribution >= 0.6 is 11.6 Å². The van der Waals surface area contributed by atoms with E-state index in [9.17, 15) is 9.90 Å². The second-order valence-electron chi connectivity index (χ2n) is 5.17. The Morgan fingerprint density at radius 2 is 1.65 bits per heavy atom. The quantitative estimate of drug-likeness (QED) is 0.641. The van der Waals surface area contributed by atoms with Gasteiger partial charge >= 0.3 is 0 Å². The van der Waals surface area contributed by atoms with Gasteiger partial charge in [0, 0.05) is 28.9 Å². The first-order valence-electron chi connectivity index (χ1n) is 6.32. The monoisotopic (exact) mass is 287 g/mol. The number of phenolic OH excluding ortho intramolecular Hbond substituents is 1. The maximum absolute atomic E-state index is 12.4. The van der Waals surface area contributed by atoms with Gasteiger partial charge in [-0.05, 0) is 48.6 Å². The molecule has 1 N–H and O–H groups in total. The van der Waals surface area contributed by atoms with Gasteiger partial charge in [0.2, 0.25) is 0 Å². The lowest BCUT2D eigenvalue weighted by atomic mass is 10.0. The van der Waals surface area contributed by atoms with Crippen LogP contribution in [0, 0.1) is 13.8 Å². The van der Waals surface area contributed by atoms with Crippen molar-refractivity contribution in [3.05, 3.63) is 50.8 Å². The number of halogens is 1. The minimum atomic E-state index is -0.0875. The number of benzene rings is 2. The summed E-state index contributed by atoms with van der Waals surface area (Å²) in [7, 11) is 1.71. The van der Waals surface area contributed by atoms with Crippen LogP contribution in [-0.4, -0.2) is 9.67 Å². The van der Waals surface area contributed by atoms with Crippen molar-refractivity contribution in [1.82, 2.24) is 4.57 Å². The molecule has 102 valence electrons. The highest BCUT2D eigenvalue weighted by Gasteiger charge is 2.12. The molecule has 0 fully saturated rings. The normalized spacial score (nSPS) is 11.4. The molecule has 0 unspecified atom stereocenters. The number of fused-ring (bicyclic) bond motifs is 3. The van der Waals surface area contributed by atoms with Crippen LogP contribution in [0.4, 0.5) is 0 Å². The van der Waals surface area contributed by atoms with E-state index in [-0.39, 0.29) is 11.3 Å². The number of nitrogens with zero attached hydrogens (tertiary/aromatic N) is 1. The molecule has 0 spiro atoms. The van der Waals surface area contributed by atoms with E-state index in [0.29, 0.717) is 15.9 Å². The van der Waals surface area contributed by atoms with Gasteiger partial charge in [-0.15, -0.1) is 0 Å². The maximum Gasteiger partial charge on any atom is 0.258 e. The number of pyridine rings is 1. The third-order valence-corrected chi connectivity index (χ3v) is 4.21. The molecule has 2 aromatic carbocycles. The van der Waals surface area contributed by atoms with Crippen LogP contribution in [0.25, 0.3) is 21.7 Å². The fourth-order valence-corrected chi connectivity index (χ4v) is 2.71. The van der Waals surface area contributed by atoms with Crippen molar-refractivity contribution in [3.63, 3.8) is 0 Å². The van der Waals surface area contributed by atoms with Gasteiger partial charge in [0.1, 0.15) is 5.75 Å². The minimum Gasteiger partial charge on any atom is -0.508 e. The number of phenols is 1. The Balaban J connectivity index is 2.68. The Bertz CT molecular complexity index is 926. The highest BCUT2D eigenvalue weighted by atomic mass is 35.5. The van der Waals surface area contributed by atoms with Crippen molar-refractivity contribution in [1.29, 1.82) is 0 Å². The van der Waals surface area contributed by atoms with E-state index in [1.807, 2.05) is 32.0 Å². The van der Waals surface area contributed by atoms with Gasteiger partial charge in [0.15, 0.2) is 0 Å². The standard InChI is InChI=1S/C16H14ClNO2/c1-8-4-12-10(6-13(8)17)11-5-9(2)15(19)7-14(11)18(3)16(12)20/h4-7,19H,1-3H3. The molecule has 4 heteroatoms. The summed E-state index contributed by atoms with van der Waals surface area (Å²) in [6.45, 7) is 3.72. The number of aromatic hydroxyl groups is 1. The zero-order valence-corrected chi connectivity index (χ0v) is 12.2. The molecule has 0 saturated carbocycles. The Morgan fingerprint density at radius 1 is 1.00 bits per heavy atom. The molecule has 0 aliphatic carbocycles. The van der Waals surface area contributed by atoms with E-state index < -0.39 is 0 Å². The van der Waals surface area contributed by atoms with Gasteiger partial charge < -0.3 is 9.67 Å². The highest BCUT2D eigenvalue weighted by Crippen LogP contribution is 2.31. The Hall–Kier alpha value is -2.00. The highest BCUT2D eigenvalue weighted by molar-refractivity contribution is 6.32. The maximum atomic E-state index is 12.4. The molecule has 0 radical (unpaired) electrons. The van der Waals surface area contributed by atoms with Gasteiger partial charge in [-0.3, -0.25) is 4.79 Å². The number of aromatic nitrogens is 1. The van der Waals surface area contributed by atoms with Crippen molar-refractivity contribution in [2.75, 3.05) is 0 Å². The van der Waals surface area contributed by atoms with Crippen molar-refractivity contribution >= 4 is 33.3 Å². The van der Waals surface area contributed by atoms with Crippen LogP contribution in [0.3, 0.4) is 0 Å². The predicted octanol–water partition coefficient (Wildman–Crippen LogP) is 3.67.